The molecule has 3 heterocycles. The number of fused-ring (bicyclic) bond motifs is 2. The number of carbonyl (C=O) groups is 3. The number of esters is 3. The topological polar surface area (TPSA) is 129 Å². The summed E-state index contributed by atoms with van der Waals surface area (Å²) in [5.41, 5.74) is -2.16. The molecule has 9 nitrogen and oxygen atoms in total. The van der Waals surface area contributed by atoms with E-state index in [0.717, 1.165) is 5.57 Å². The lowest BCUT2D eigenvalue weighted by atomic mass is 9.54. The van der Waals surface area contributed by atoms with Gasteiger partial charge in [0.2, 0.25) is 0 Å². The van der Waals surface area contributed by atoms with Crippen molar-refractivity contribution >= 4 is 29.5 Å². The zero-order valence-corrected chi connectivity index (χ0v) is 20.6. The molecule has 2 bridgehead atoms. The highest BCUT2D eigenvalue weighted by Gasteiger charge is 2.74. The van der Waals surface area contributed by atoms with E-state index < -0.39 is 76.3 Å². The molecule has 0 aromatic heterocycles. The molecule has 10 heteroatoms. The Morgan fingerprint density at radius 1 is 1.24 bits per heavy atom. The Morgan fingerprint density at radius 3 is 2.41 bits per heavy atom. The van der Waals surface area contributed by atoms with Crippen molar-refractivity contribution in [1.29, 1.82) is 0 Å². The van der Waals surface area contributed by atoms with Gasteiger partial charge in [0.15, 0.2) is 11.9 Å². The van der Waals surface area contributed by atoms with Crippen LogP contribution in [0.1, 0.15) is 47.5 Å². The van der Waals surface area contributed by atoms with Crippen LogP contribution in [0.25, 0.3) is 0 Å². The lowest BCUT2D eigenvalue weighted by Gasteiger charge is -2.61. The fourth-order valence-electron chi connectivity index (χ4n) is 6.44. The summed E-state index contributed by atoms with van der Waals surface area (Å²) in [6.07, 6.45) is -2.57. The standard InChI is InChI=1S/C24H31ClO9/c1-10-7-8-15(31-13(4)26)22(6)16(32-14(5)27)9-23(30)11(2)18(25)20-24(34-23,19(28)17(10)22)12(3)21(29)33-20/h7,12,15-20,28,30H,2,8-9H2,1,3-6H3/t12-,15-,16-,17+,18-,19-,20-,22+,23-,24+/m0/s1. The highest BCUT2D eigenvalue weighted by atomic mass is 35.5. The predicted molar refractivity (Wildman–Crippen MR) is 118 cm³/mol. The van der Waals surface area contributed by atoms with Crippen molar-refractivity contribution < 1.29 is 43.5 Å². The van der Waals surface area contributed by atoms with Gasteiger partial charge in [0.1, 0.15) is 17.8 Å². The van der Waals surface area contributed by atoms with Crippen LogP contribution < -0.4 is 0 Å². The highest BCUT2D eigenvalue weighted by molar-refractivity contribution is 6.23. The Bertz CT molecular complexity index is 977. The van der Waals surface area contributed by atoms with Gasteiger partial charge in [-0.3, -0.25) is 14.4 Å². The lowest BCUT2D eigenvalue weighted by molar-refractivity contribution is -0.342. The van der Waals surface area contributed by atoms with Crippen molar-refractivity contribution in [1.82, 2.24) is 0 Å². The molecule has 188 valence electrons. The first-order chi connectivity index (χ1) is 15.7. The van der Waals surface area contributed by atoms with E-state index in [1.165, 1.54) is 13.8 Å². The number of carbonyl (C=O) groups excluding carboxylic acids is 3. The Balaban J connectivity index is 1.99. The number of aliphatic hydroxyl groups excluding tert-OH is 1. The molecule has 0 radical (unpaired) electrons. The number of alkyl halides is 1. The summed E-state index contributed by atoms with van der Waals surface area (Å²) in [7, 11) is 0. The van der Waals surface area contributed by atoms with Gasteiger partial charge < -0.3 is 29.2 Å². The molecule has 3 fully saturated rings. The molecular weight excluding hydrogens is 468 g/mol. The van der Waals surface area contributed by atoms with Crippen molar-refractivity contribution in [3.8, 4) is 0 Å². The van der Waals surface area contributed by atoms with E-state index in [0.29, 0.717) is 6.42 Å². The smallest absolute Gasteiger partial charge is 0.312 e. The van der Waals surface area contributed by atoms with Crippen LogP contribution in [0.5, 0.6) is 0 Å². The molecule has 34 heavy (non-hydrogen) atoms. The average Bonchev–Trinajstić information content (AvgIpc) is 2.98. The van der Waals surface area contributed by atoms with Gasteiger partial charge in [-0.15, -0.1) is 11.6 Å². The SMILES string of the molecule is C=C1[C@H](Cl)[C@@H]2OC(=O)[C@H](C)[C@]23O[C@@]1(O)C[C@H](OC(C)=O)[C@@]1(C)[C@@H](OC(C)=O)CC=C(C)[C@@H]1[C@@H]3O. The molecule has 4 rings (SSSR count). The molecule has 4 aliphatic rings. The summed E-state index contributed by atoms with van der Waals surface area (Å²) < 4.78 is 23.2. The van der Waals surface area contributed by atoms with Crippen molar-refractivity contribution in [3.05, 3.63) is 23.8 Å². The highest BCUT2D eigenvalue weighted by Crippen LogP contribution is 2.61. The van der Waals surface area contributed by atoms with Crippen LogP contribution in [-0.4, -0.2) is 69.3 Å². The molecule has 3 saturated heterocycles. The van der Waals surface area contributed by atoms with E-state index >= 15 is 0 Å². The fraction of sp³-hybridized carbons (Fsp3) is 0.708. The number of rotatable bonds is 2. The second-order valence-corrected chi connectivity index (χ2v) is 10.6. The van der Waals surface area contributed by atoms with Gasteiger partial charge in [-0.25, -0.2) is 0 Å². The van der Waals surface area contributed by atoms with Crippen molar-refractivity contribution in [2.24, 2.45) is 17.3 Å². The molecule has 10 atom stereocenters. The molecule has 0 saturated carbocycles. The van der Waals surface area contributed by atoms with Crippen molar-refractivity contribution in [3.63, 3.8) is 0 Å². The van der Waals surface area contributed by atoms with Gasteiger partial charge in [0.25, 0.3) is 0 Å². The normalized spacial score (nSPS) is 47.9. The Morgan fingerprint density at radius 2 is 1.82 bits per heavy atom. The molecule has 0 unspecified atom stereocenters. The first kappa shape index (κ1) is 25.2. The van der Waals surface area contributed by atoms with E-state index in [-0.39, 0.29) is 12.0 Å². The summed E-state index contributed by atoms with van der Waals surface area (Å²) in [6.45, 7) is 11.5. The van der Waals surface area contributed by atoms with E-state index in [4.69, 9.17) is 30.5 Å². The second kappa shape index (κ2) is 8.05. The van der Waals surface area contributed by atoms with E-state index in [1.54, 1.807) is 13.8 Å². The van der Waals surface area contributed by atoms with Crippen LogP contribution in [0.3, 0.4) is 0 Å². The van der Waals surface area contributed by atoms with Gasteiger partial charge in [-0.05, 0) is 13.8 Å². The quantitative estimate of drug-likeness (QED) is 0.253. The zero-order valence-electron chi connectivity index (χ0n) is 19.9. The van der Waals surface area contributed by atoms with Crippen LogP contribution in [0.15, 0.2) is 23.8 Å². The number of hydrogen-bond donors (Lipinski definition) is 2. The molecule has 2 N–H and O–H groups in total. The third kappa shape index (κ3) is 3.27. The minimum Gasteiger partial charge on any atom is -0.462 e. The molecule has 1 aliphatic carbocycles. The van der Waals surface area contributed by atoms with Crippen LogP contribution >= 0.6 is 11.6 Å². The third-order valence-corrected chi connectivity index (χ3v) is 8.72. The molecule has 0 amide bonds. The number of ether oxygens (including phenoxy) is 4. The van der Waals surface area contributed by atoms with Gasteiger partial charge >= 0.3 is 17.9 Å². The Kier molecular flexibility index (Phi) is 5.95. The maximum absolute atomic E-state index is 12.7. The maximum atomic E-state index is 12.7. The number of aliphatic hydroxyl groups is 2. The summed E-state index contributed by atoms with van der Waals surface area (Å²) >= 11 is 6.65. The molecule has 0 aromatic carbocycles. The van der Waals surface area contributed by atoms with Crippen LogP contribution in [0, 0.1) is 17.3 Å². The van der Waals surface area contributed by atoms with Gasteiger partial charge in [0, 0.05) is 38.2 Å². The molecule has 3 aliphatic heterocycles. The van der Waals surface area contributed by atoms with Gasteiger partial charge in [-0.2, -0.15) is 0 Å². The Labute approximate surface area is 203 Å². The second-order valence-electron chi connectivity index (χ2n) is 10.1. The largest absolute Gasteiger partial charge is 0.462 e. The molecule has 1 spiro atoms. The van der Waals surface area contributed by atoms with Crippen LogP contribution in [0.4, 0.5) is 0 Å². The number of halogens is 1. The average molecular weight is 499 g/mol. The minimum atomic E-state index is -2.16. The zero-order chi connectivity index (χ0) is 25.4. The summed E-state index contributed by atoms with van der Waals surface area (Å²) in [5, 5.41) is 22.7. The third-order valence-electron chi connectivity index (χ3n) is 8.22. The van der Waals surface area contributed by atoms with Crippen molar-refractivity contribution in [2.45, 2.75) is 88.6 Å². The van der Waals surface area contributed by atoms with E-state index in [9.17, 15) is 24.6 Å². The summed E-state index contributed by atoms with van der Waals surface area (Å²) in [4.78, 5) is 36.9. The van der Waals surface area contributed by atoms with Crippen molar-refractivity contribution in [2.75, 3.05) is 0 Å². The summed E-state index contributed by atoms with van der Waals surface area (Å²) in [6, 6.07) is 0. The van der Waals surface area contributed by atoms with E-state index in [1.807, 2.05) is 13.0 Å². The number of hydrogen-bond acceptors (Lipinski definition) is 9. The first-order valence-electron chi connectivity index (χ1n) is 11.4. The van der Waals surface area contributed by atoms with Crippen LogP contribution in [-0.2, 0) is 33.3 Å². The van der Waals surface area contributed by atoms with Gasteiger partial charge in [-0.1, -0.05) is 25.2 Å². The van der Waals surface area contributed by atoms with Gasteiger partial charge in [0.05, 0.1) is 22.8 Å². The molecular formula is C24H31ClO9. The monoisotopic (exact) mass is 498 g/mol. The first-order valence-corrected chi connectivity index (χ1v) is 11.8. The Hall–Kier alpha value is -1.94. The van der Waals surface area contributed by atoms with Crippen LogP contribution in [0.2, 0.25) is 0 Å². The fourth-order valence-corrected chi connectivity index (χ4v) is 6.85. The summed E-state index contributed by atoms with van der Waals surface area (Å²) in [5.74, 6) is -5.73. The minimum absolute atomic E-state index is 0.0233. The van der Waals surface area contributed by atoms with E-state index in [2.05, 4.69) is 6.58 Å². The predicted octanol–water partition coefficient (Wildman–Crippen LogP) is 1.77. The molecule has 0 aromatic rings. The lowest BCUT2D eigenvalue weighted by Crippen LogP contribution is -2.74. The maximum Gasteiger partial charge on any atom is 0.312 e.